The van der Waals surface area contributed by atoms with Gasteiger partial charge >= 0.3 is 5.97 Å². The molecule has 1 heterocycles. The summed E-state index contributed by atoms with van der Waals surface area (Å²) in [5, 5.41) is 11.7. The lowest BCUT2D eigenvalue weighted by Crippen LogP contribution is -2.17. The molecule has 2 rings (SSSR count). The largest absolute Gasteiger partial charge is 0.478 e. The van der Waals surface area contributed by atoms with Crippen molar-refractivity contribution in [2.45, 2.75) is 0 Å². The summed E-state index contributed by atoms with van der Waals surface area (Å²) in [6.45, 7) is 0. The molecule has 8 heteroatoms. The van der Waals surface area contributed by atoms with E-state index in [4.69, 9.17) is 23.2 Å². The molecule has 0 spiro atoms. The Morgan fingerprint density at radius 3 is 2.43 bits per heavy atom. The van der Waals surface area contributed by atoms with Crippen molar-refractivity contribution >= 4 is 56.7 Å². The molecule has 0 saturated heterocycles. The summed E-state index contributed by atoms with van der Waals surface area (Å²) in [5.41, 5.74) is -0.229. The fourth-order valence-electron chi connectivity index (χ4n) is 1.60. The van der Waals surface area contributed by atoms with Gasteiger partial charge in [0.05, 0.1) is 15.7 Å². The number of carbonyl (C=O) groups is 2. The van der Waals surface area contributed by atoms with E-state index in [2.05, 4.69) is 26.2 Å². The minimum atomic E-state index is -1.29. The highest BCUT2D eigenvalue weighted by molar-refractivity contribution is 9.10. The number of nitrogens with one attached hydrogen (secondary N) is 1. The van der Waals surface area contributed by atoms with Crippen LogP contribution in [0.2, 0.25) is 10.0 Å². The van der Waals surface area contributed by atoms with E-state index in [-0.39, 0.29) is 27.0 Å². The van der Waals surface area contributed by atoms with E-state index in [0.29, 0.717) is 4.60 Å². The topological polar surface area (TPSA) is 79.3 Å². The third-order valence-corrected chi connectivity index (χ3v) is 3.58. The third-order valence-electron chi connectivity index (χ3n) is 2.50. The van der Waals surface area contributed by atoms with Gasteiger partial charge in [0, 0.05) is 0 Å². The van der Waals surface area contributed by atoms with Crippen LogP contribution in [0.4, 0.5) is 5.69 Å². The molecule has 1 aromatic carbocycles. The molecule has 1 amide bonds. The minimum Gasteiger partial charge on any atom is -0.478 e. The highest BCUT2D eigenvalue weighted by Crippen LogP contribution is 2.32. The van der Waals surface area contributed by atoms with E-state index in [1.54, 1.807) is 12.1 Å². The number of aromatic nitrogens is 1. The molecule has 0 aliphatic carbocycles. The summed E-state index contributed by atoms with van der Waals surface area (Å²) in [6.07, 6.45) is 0. The van der Waals surface area contributed by atoms with Gasteiger partial charge < -0.3 is 10.4 Å². The summed E-state index contributed by atoms with van der Waals surface area (Å²) < 4.78 is 0.478. The second kappa shape index (κ2) is 6.43. The Morgan fingerprint density at radius 1 is 1.14 bits per heavy atom. The van der Waals surface area contributed by atoms with Gasteiger partial charge in [0.1, 0.15) is 15.9 Å². The fourth-order valence-corrected chi connectivity index (χ4v) is 2.38. The Kier molecular flexibility index (Phi) is 4.82. The number of hydrogen-bond donors (Lipinski definition) is 2. The molecular formula is C13H7BrCl2N2O3. The van der Waals surface area contributed by atoms with E-state index in [1.807, 2.05) is 0 Å². The molecule has 2 aromatic rings. The zero-order valence-corrected chi connectivity index (χ0v) is 13.3. The maximum absolute atomic E-state index is 12.1. The van der Waals surface area contributed by atoms with Crippen molar-refractivity contribution in [1.82, 2.24) is 4.98 Å². The lowest BCUT2D eigenvalue weighted by Gasteiger charge is -2.11. The Balaban J connectivity index is 2.42. The lowest BCUT2D eigenvalue weighted by atomic mass is 10.1. The predicted octanol–water partition coefficient (Wildman–Crippen LogP) is 4.10. The van der Waals surface area contributed by atoms with Crippen LogP contribution in [0, 0.1) is 0 Å². The molecule has 0 aliphatic heterocycles. The molecule has 21 heavy (non-hydrogen) atoms. The molecule has 0 aliphatic rings. The van der Waals surface area contributed by atoms with Crippen LogP contribution in [0.5, 0.6) is 0 Å². The number of carboxylic acid groups (broad SMARTS) is 1. The van der Waals surface area contributed by atoms with Crippen molar-refractivity contribution in [3.63, 3.8) is 0 Å². The number of aromatic carboxylic acids is 1. The van der Waals surface area contributed by atoms with Gasteiger partial charge in [0.15, 0.2) is 0 Å². The average Bonchev–Trinajstić information content (AvgIpc) is 2.42. The summed E-state index contributed by atoms with van der Waals surface area (Å²) in [6, 6.07) is 7.52. The number of carboxylic acids is 1. The van der Waals surface area contributed by atoms with Crippen molar-refractivity contribution in [2.24, 2.45) is 0 Å². The Bertz CT molecular complexity index is 737. The first-order valence-electron chi connectivity index (χ1n) is 5.55. The summed E-state index contributed by atoms with van der Waals surface area (Å²) >= 11 is 14.9. The molecule has 5 nitrogen and oxygen atoms in total. The number of benzene rings is 1. The van der Waals surface area contributed by atoms with Gasteiger partial charge in [-0.1, -0.05) is 29.3 Å². The molecule has 0 saturated carbocycles. The Hall–Kier alpha value is -1.63. The normalized spacial score (nSPS) is 10.2. The van der Waals surface area contributed by atoms with E-state index in [0.717, 1.165) is 0 Å². The van der Waals surface area contributed by atoms with Gasteiger partial charge in [-0.15, -0.1) is 0 Å². The third kappa shape index (κ3) is 3.53. The first-order valence-corrected chi connectivity index (χ1v) is 7.10. The number of hydrogen-bond acceptors (Lipinski definition) is 3. The zero-order chi connectivity index (χ0) is 15.6. The van der Waals surface area contributed by atoms with Crippen LogP contribution in [0.15, 0.2) is 34.9 Å². The highest BCUT2D eigenvalue weighted by Gasteiger charge is 2.20. The van der Waals surface area contributed by atoms with E-state index in [1.165, 1.54) is 18.2 Å². The lowest BCUT2D eigenvalue weighted by molar-refractivity contribution is 0.0698. The Labute approximate surface area is 138 Å². The number of halogens is 3. The molecule has 2 N–H and O–H groups in total. The van der Waals surface area contributed by atoms with Gasteiger partial charge in [-0.05, 0) is 40.2 Å². The van der Waals surface area contributed by atoms with Crippen LogP contribution in [0.25, 0.3) is 0 Å². The molecule has 0 atom stereocenters. The second-order valence-electron chi connectivity index (χ2n) is 3.88. The zero-order valence-electron chi connectivity index (χ0n) is 10.2. The quantitative estimate of drug-likeness (QED) is 0.774. The molecule has 0 bridgehead atoms. The van der Waals surface area contributed by atoms with Gasteiger partial charge in [0.25, 0.3) is 5.91 Å². The first-order chi connectivity index (χ1) is 9.90. The highest BCUT2D eigenvalue weighted by atomic mass is 79.9. The van der Waals surface area contributed by atoms with Crippen LogP contribution in [0.1, 0.15) is 20.8 Å². The first kappa shape index (κ1) is 15.8. The molecule has 0 fully saturated rings. The molecular weight excluding hydrogens is 383 g/mol. The maximum atomic E-state index is 12.1. The Morgan fingerprint density at radius 2 is 1.81 bits per heavy atom. The number of pyridine rings is 1. The van der Waals surface area contributed by atoms with Gasteiger partial charge in [-0.25, -0.2) is 9.78 Å². The standard InChI is InChI=1S/C13H7BrCl2N2O3/c14-9-3-1-2-8(17-9)12(19)18-11-7(16)5-4-6(15)10(11)13(20)21/h1-5H,(H,18,19)(H,20,21). The smallest absolute Gasteiger partial charge is 0.339 e. The molecule has 0 unspecified atom stereocenters. The van der Waals surface area contributed by atoms with E-state index in [9.17, 15) is 14.7 Å². The van der Waals surface area contributed by atoms with Crippen molar-refractivity contribution < 1.29 is 14.7 Å². The van der Waals surface area contributed by atoms with Crippen LogP contribution in [0.3, 0.4) is 0 Å². The maximum Gasteiger partial charge on any atom is 0.339 e. The van der Waals surface area contributed by atoms with E-state index < -0.39 is 11.9 Å². The molecule has 108 valence electrons. The van der Waals surface area contributed by atoms with Crippen LogP contribution in [-0.4, -0.2) is 22.0 Å². The van der Waals surface area contributed by atoms with Crippen LogP contribution < -0.4 is 5.32 Å². The summed E-state index contributed by atoms with van der Waals surface area (Å²) in [7, 11) is 0. The summed E-state index contributed by atoms with van der Waals surface area (Å²) in [5.74, 6) is -1.89. The van der Waals surface area contributed by atoms with Crippen molar-refractivity contribution in [1.29, 1.82) is 0 Å². The van der Waals surface area contributed by atoms with Gasteiger partial charge in [-0.2, -0.15) is 0 Å². The SMILES string of the molecule is O=C(Nc1c(Cl)ccc(Cl)c1C(=O)O)c1cccc(Br)n1. The number of carbonyl (C=O) groups excluding carboxylic acids is 1. The molecule has 0 radical (unpaired) electrons. The van der Waals surface area contributed by atoms with Crippen molar-refractivity contribution in [3.05, 3.63) is 56.2 Å². The van der Waals surface area contributed by atoms with E-state index >= 15 is 0 Å². The number of rotatable bonds is 3. The number of amides is 1. The number of anilines is 1. The second-order valence-corrected chi connectivity index (χ2v) is 5.51. The predicted molar refractivity (Wildman–Crippen MR) is 83.3 cm³/mol. The number of nitrogens with zero attached hydrogens (tertiary/aromatic N) is 1. The van der Waals surface area contributed by atoms with Crippen LogP contribution >= 0.6 is 39.1 Å². The van der Waals surface area contributed by atoms with Crippen LogP contribution in [-0.2, 0) is 0 Å². The van der Waals surface area contributed by atoms with Gasteiger partial charge in [-0.3, -0.25) is 4.79 Å². The van der Waals surface area contributed by atoms with Gasteiger partial charge in [0.2, 0.25) is 0 Å². The van der Waals surface area contributed by atoms with Crippen molar-refractivity contribution in [2.75, 3.05) is 5.32 Å². The molecule has 1 aromatic heterocycles. The summed E-state index contributed by atoms with van der Waals surface area (Å²) in [4.78, 5) is 27.3. The monoisotopic (exact) mass is 388 g/mol. The van der Waals surface area contributed by atoms with Crippen molar-refractivity contribution in [3.8, 4) is 0 Å². The minimum absolute atomic E-state index is 0.0237. The fraction of sp³-hybridized carbons (Fsp3) is 0. The average molecular weight is 390 g/mol.